The number of nitrogens with one attached hydrogen (secondary N) is 1. The number of hydrogen-bond donors (Lipinski definition) is 2. The molecule has 4 nitrogen and oxygen atoms in total. The molecule has 21 heavy (non-hydrogen) atoms. The molecule has 4 heteroatoms. The summed E-state index contributed by atoms with van der Waals surface area (Å²) in [6.45, 7) is 6.76. The summed E-state index contributed by atoms with van der Waals surface area (Å²) >= 11 is 0. The summed E-state index contributed by atoms with van der Waals surface area (Å²) in [6, 6.07) is 3.78. The second kappa shape index (κ2) is 7.12. The maximum Gasteiger partial charge on any atom is 0.168 e. The Morgan fingerprint density at radius 1 is 1.43 bits per heavy atom. The zero-order valence-electron chi connectivity index (χ0n) is 13.4. The lowest BCUT2D eigenvalue weighted by molar-refractivity contribution is 0.00219. The number of anilines is 1. The van der Waals surface area contributed by atoms with E-state index < -0.39 is 5.60 Å². The minimum atomic E-state index is -0.613. The van der Waals surface area contributed by atoms with Crippen LogP contribution in [0, 0.1) is 5.92 Å². The Morgan fingerprint density at radius 2 is 2.14 bits per heavy atom. The summed E-state index contributed by atoms with van der Waals surface area (Å²) in [7, 11) is 0. The Kier molecular flexibility index (Phi) is 5.45. The number of pyridine rings is 1. The molecule has 1 aliphatic rings. The standard InChI is InChI=1S/C17H28N2O2/c1-4-14-7-9-17(20,10-8-14)12-19-16-15(21-13(2)3)6-5-11-18-16/h5-6,11,13-14,20H,4,7-10,12H2,1-3H3,(H,18,19). The van der Waals surface area contributed by atoms with Crippen molar-refractivity contribution in [3.8, 4) is 5.75 Å². The second-order valence-electron chi connectivity index (χ2n) is 6.45. The molecule has 1 aromatic rings. The van der Waals surface area contributed by atoms with Gasteiger partial charge in [-0.2, -0.15) is 0 Å². The van der Waals surface area contributed by atoms with Gasteiger partial charge in [-0.1, -0.05) is 13.3 Å². The van der Waals surface area contributed by atoms with E-state index in [0.29, 0.717) is 6.54 Å². The maximum atomic E-state index is 10.7. The quantitative estimate of drug-likeness (QED) is 0.841. The summed E-state index contributed by atoms with van der Waals surface area (Å²) in [5.74, 6) is 2.25. The van der Waals surface area contributed by atoms with Crippen LogP contribution < -0.4 is 10.1 Å². The van der Waals surface area contributed by atoms with Gasteiger partial charge in [0, 0.05) is 12.7 Å². The highest BCUT2D eigenvalue weighted by molar-refractivity contribution is 5.49. The van der Waals surface area contributed by atoms with Gasteiger partial charge < -0.3 is 15.2 Å². The third-order valence-electron chi connectivity index (χ3n) is 4.33. The maximum absolute atomic E-state index is 10.7. The summed E-state index contributed by atoms with van der Waals surface area (Å²) in [6.07, 6.45) is 7.04. The molecule has 2 N–H and O–H groups in total. The van der Waals surface area contributed by atoms with Crippen LogP contribution in [0.1, 0.15) is 52.9 Å². The minimum absolute atomic E-state index is 0.109. The zero-order valence-corrected chi connectivity index (χ0v) is 13.4. The molecule has 0 radical (unpaired) electrons. The second-order valence-corrected chi connectivity index (χ2v) is 6.45. The molecule has 0 aliphatic heterocycles. The molecular formula is C17H28N2O2. The lowest BCUT2D eigenvalue weighted by atomic mass is 9.78. The fourth-order valence-corrected chi connectivity index (χ4v) is 2.92. The number of ether oxygens (including phenoxy) is 1. The molecule has 118 valence electrons. The van der Waals surface area contributed by atoms with Crippen molar-refractivity contribution < 1.29 is 9.84 Å². The highest BCUT2D eigenvalue weighted by Gasteiger charge is 2.32. The molecule has 0 bridgehead atoms. The minimum Gasteiger partial charge on any atom is -0.487 e. The van der Waals surface area contributed by atoms with Crippen LogP contribution in [0.15, 0.2) is 18.3 Å². The van der Waals surface area contributed by atoms with Gasteiger partial charge in [-0.3, -0.25) is 0 Å². The first-order valence-corrected chi connectivity index (χ1v) is 8.10. The van der Waals surface area contributed by atoms with E-state index in [1.54, 1.807) is 6.20 Å². The van der Waals surface area contributed by atoms with Crippen molar-refractivity contribution in [2.45, 2.75) is 64.6 Å². The fourth-order valence-electron chi connectivity index (χ4n) is 2.92. The summed E-state index contributed by atoms with van der Waals surface area (Å²) in [4.78, 5) is 4.33. The first kappa shape index (κ1) is 16.1. The van der Waals surface area contributed by atoms with Crippen molar-refractivity contribution >= 4 is 5.82 Å². The van der Waals surface area contributed by atoms with Crippen molar-refractivity contribution in [3.05, 3.63) is 18.3 Å². The molecule has 1 saturated carbocycles. The molecular weight excluding hydrogens is 264 g/mol. The number of nitrogens with zero attached hydrogens (tertiary/aromatic N) is 1. The lowest BCUT2D eigenvalue weighted by Gasteiger charge is -2.36. The monoisotopic (exact) mass is 292 g/mol. The lowest BCUT2D eigenvalue weighted by Crippen LogP contribution is -2.40. The van der Waals surface area contributed by atoms with E-state index in [9.17, 15) is 5.11 Å². The number of rotatable bonds is 6. The van der Waals surface area contributed by atoms with Crippen LogP contribution in [-0.2, 0) is 0 Å². The van der Waals surface area contributed by atoms with Gasteiger partial charge in [0.2, 0.25) is 0 Å². The van der Waals surface area contributed by atoms with E-state index in [1.807, 2.05) is 26.0 Å². The Hall–Kier alpha value is -1.29. The average molecular weight is 292 g/mol. The Morgan fingerprint density at radius 3 is 2.76 bits per heavy atom. The average Bonchev–Trinajstić information content (AvgIpc) is 2.47. The van der Waals surface area contributed by atoms with Gasteiger partial charge in [-0.05, 0) is 57.6 Å². The first-order valence-electron chi connectivity index (χ1n) is 8.10. The number of hydrogen-bond acceptors (Lipinski definition) is 4. The van der Waals surface area contributed by atoms with Crippen molar-refractivity contribution in [3.63, 3.8) is 0 Å². The van der Waals surface area contributed by atoms with E-state index in [0.717, 1.165) is 43.2 Å². The number of aliphatic hydroxyl groups is 1. The van der Waals surface area contributed by atoms with Crippen LogP contribution in [0.4, 0.5) is 5.82 Å². The van der Waals surface area contributed by atoms with Crippen molar-refractivity contribution in [2.75, 3.05) is 11.9 Å². The third-order valence-corrected chi connectivity index (χ3v) is 4.33. The van der Waals surface area contributed by atoms with Crippen LogP contribution in [-0.4, -0.2) is 28.3 Å². The van der Waals surface area contributed by atoms with Crippen LogP contribution >= 0.6 is 0 Å². The normalized spacial score (nSPS) is 25.9. The summed E-state index contributed by atoms with van der Waals surface area (Å²) in [5, 5.41) is 14.0. The molecule has 0 atom stereocenters. The molecule has 1 heterocycles. The van der Waals surface area contributed by atoms with Crippen molar-refractivity contribution in [1.29, 1.82) is 0 Å². The van der Waals surface area contributed by atoms with Crippen LogP contribution in [0.25, 0.3) is 0 Å². The van der Waals surface area contributed by atoms with Gasteiger partial charge >= 0.3 is 0 Å². The van der Waals surface area contributed by atoms with E-state index in [1.165, 1.54) is 6.42 Å². The van der Waals surface area contributed by atoms with Gasteiger partial charge in [-0.25, -0.2) is 4.98 Å². The van der Waals surface area contributed by atoms with Gasteiger partial charge in [0.1, 0.15) is 0 Å². The Balaban J connectivity index is 1.94. The van der Waals surface area contributed by atoms with Gasteiger partial charge in [-0.15, -0.1) is 0 Å². The zero-order chi connectivity index (χ0) is 15.3. The Bertz CT molecular complexity index is 440. The van der Waals surface area contributed by atoms with Gasteiger partial charge in [0.25, 0.3) is 0 Å². The Labute approximate surface area is 127 Å². The molecule has 0 amide bonds. The van der Waals surface area contributed by atoms with Crippen molar-refractivity contribution in [1.82, 2.24) is 4.98 Å². The highest BCUT2D eigenvalue weighted by atomic mass is 16.5. The fraction of sp³-hybridized carbons (Fsp3) is 0.706. The molecule has 0 unspecified atom stereocenters. The van der Waals surface area contributed by atoms with Crippen LogP contribution in [0.5, 0.6) is 5.75 Å². The molecule has 1 aliphatic carbocycles. The van der Waals surface area contributed by atoms with Crippen LogP contribution in [0.2, 0.25) is 0 Å². The van der Waals surface area contributed by atoms with E-state index in [-0.39, 0.29) is 6.10 Å². The largest absolute Gasteiger partial charge is 0.487 e. The summed E-state index contributed by atoms with van der Waals surface area (Å²) < 4.78 is 5.75. The predicted octanol–water partition coefficient (Wildman–Crippen LogP) is 3.61. The molecule has 0 saturated heterocycles. The summed E-state index contributed by atoms with van der Waals surface area (Å²) in [5.41, 5.74) is -0.613. The van der Waals surface area contributed by atoms with E-state index >= 15 is 0 Å². The van der Waals surface area contributed by atoms with Crippen LogP contribution in [0.3, 0.4) is 0 Å². The SMILES string of the molecule is CCC1CCC(O)(CNc2ncccc2OC(C)C)CC1. The first-order chi connectivity index (χ1) is 10.0. The predicted molar refractivity (Wildman–Crippen MR) is 85.7 cm³/mol. The molecule has 1 fully saturated rings. The van der Waals surface area contributed by atoms with Gasteiger partial charge in [0.05, 0.1) is 11.7 Å². The van der Waals surface area contributed by atoms with E-state index in [2.05, 4.69) is 17.2 Å². The van der Waals surface area contributed by atoms with Crippen molar-refractivity contribution in [2.24, 2.45) is 5.92 Å². The highest BCUT2D eigenvalue weighted by Crippen LogP contribution is 2.34. The molecule has 1 aromatic heterocycles. The number of aromatic nitrogens is 1. The third kappa shape index (κ3) is 4.60. The smallest absolute Gasteiger partial charge is 0.168 e. The molecule has 0 aromatic carbocycles. The molecule has 0 spiro atoms. The van der Waals surface area contributed by atoms with E-state index in [4.69, 9.17) is 4.74 Å². The molecule has 2 rings (SSSR count). The topological polar surface area (TPSA) is 54.4 Å². The van der Waals surface area contributed by atoms with Gasteiger partial charge in [0.15, 0.2) is 11.6 Å².